The summed E-state index contributed by atoms with van der Waals surface area (Å²) in [5.41, 5.74) is 0.824. The predicted molar refractivity (Wildman–Crippen MR) is 108 cm³/mol. The fourth-order valence-corrected chi connectivity index (χ4v) is 4.80. The van der Waals surface area contributed by atoms with Crippen LogP contribution in [0.15, 0.2) is 9.53 Å². The van der Waals surface area contributed by atoms with Gasteiger partial charge in [0.1, 0.15) is 5.60 Å². The molecule has 1 amide bonds. The molecule has 1 spiro atoms. The van der Waals surface area contributed by atoms with Gasteiger partial charge in [-0.1, -0.05) is 6.92 Å². The number of rotatable bonds is 0. The van der Waals surface area contributed by atoms with Gasteiger partial charge < -0.3 is 9.64 Å². The van der Waals surface area contributed by atoms with Crippen LogP contribution in [0.3, 0.4) is 0 Å². The minimum atomic E-state index is -0.512. The van der Waals surface area contributed by atoms with Crippen LogP contribution in [0.2, 0.25) is 0 Å². The number of ether oxygens (including phenoxy) is 1. The number of halogens is 1. The number of piperidine rings is 1. The van der Waals surface area contributed by atoms with Gasteiger partial charge in [0.25, 0.3) is 11.3 Å². The molecule has 2 aromatic heterocycles. The van der Waals surface area contributed by atoms with Crippen molar-refractivity contribution in [2.45, 2.75) is 70.3 Å². The first kappa shape index (κ1) is 19.4. The Labute approximate surface area is 171 Å². The Balaban J connectivity index is 1.68. The SMILES string of the molecule is CC1CCC2(CCN(C(=O)OC(C)(C)C)CC2)c2c1nc1nc(Br)[nH]n1c2=O. The van der Waals surface area contributed by atoms with Crippen molar-refractivity contribution in [3.8, 4) is 0 Å². The Morgan fingerprint density at radius 2 is 1.93 bits per heavy atom. The van der Waals surface area contributed by atoms with Gasteiger partial charge in [-0.3, -0.25) is 9.89 Å². The molecule has 1 N–H and O–H groups in total. The fraction of sp³-hybridized carbons (Fsp3) is 0.684. The highest BCUT2D eigenvalue weighted by Crippen LogP contribution is 2.46. The first-order valence-electron chi connectivity index (χ1n) is 9.76. The number of hydrogen-bond donors (Lipinski definition) is 1. The Morgan fingerprint density at radius 1 is 1.25 bits per heavy atom. The van der Waals surface area contributed by atoms with E-state index in [0.29, 0.717) is 23.6 Å². The van der Waals surface area contributed by atoms with Gasteiger partial charge in [-0.25, -0.2) is 9.78 Å². The van der Waals surface area contributed by atoms with Crippen LogP contribution in [0.5, 0.6) is 0 Å². The van der Waals surface area contributed by atoms with Crippen LogP contribution in [-0.2, 0) is 10.2 Å². The molecule has 8 nitrogen and oxygen atoms in total. The minimum absolute atomic E-state index is 0.0736. The highest BCUT2D eigenvalue weighted by Gasteiger charge is 2.45. The summed E-state index contributed by atoms with van der Waals surface area (Å²) in [5, 5.41) is 2.93. The second-order valence-corrected chi connectivity index (χ2v) is 9.77. The van der Waals surface area contributed by atoms with Crippen molar-refractivity contribution in [1.82, 2.24) is 24.5 Å². The number of nitrogens with one attached hydrogen (secondary N) is 1. The molecule has 9 heteroatoms. The van der Waals surface area contributed by atoms with E-state index in [0.717, 1.165) is 36.9 Å². The summed E-state index contributed by atoms with van der Waals surface area (Å²) >= 11 is 3.29. The molecule has 4 rings (SSSR count). The number of amides is 1. The summed E-state index contributed by atoms with van der Waals surface area (Å²) < 4.78 is 7.42. The third kappa shape index (κ3) is 3.23. The molecular formula is C19H26BrN5O3. The molecule has 0 bridgehead atoms. The summed E-state index contributed by atoms with van der Waals surface area (Å²) in [5.74, 6) is 0.614. The van der Waals surface area contributed by atoms with Crippen molar-refractivity contribution < 1.29 is 9.53 Å². The lowest BCUT2D eigenvalue weighted by atomic mass is 9.64. The quantitative estimate of drug-likeness (QED) is 0.662. The number of aromatic amines is 1. The van der Waals surface area contributed by atoms with E-state index in [2.05, 4.69) is 32.9 Å². The van der Waals surface area contributed by atoms with Crippen molar-refractivity contribution in [3.63, 3.8) is 0 Å². The molecular weight excluding hydrogens is 426 g/mol. The molecule has 0 saturated carbocycles. The van der Waals surface area contributed by atoms with Gasteiger partial charge in [-0.15, -0.1) is 0 Å². The van der Waals surface area contributed by atoms with Crippen LogP contribution in [0.25, 0.3) is 5.78 Å². The van der Waals surface area contributed by atoms with Crippen molar-refractivity contribution in [1.29, 1.82) is 0 Å². The number of carbonyl (C=O) groups excluding carboxylic acids is 1. The van der Waals surface area contributed by atoms with Crippen LogP contribution >= 0.6 is 15.9 Å². The molecule has 0 radical (unpaired) electrons. The summed E-state index contributed by atoms with van der Waals surface area (Å²) in [4.78, 5) is 36.5. The maximum absolute atomic E-state index is 13.3. The standard InChI is InChI=1S/C19H26BrN5O3/c1-11-5-6-19(7-9-24(10-8-19)17(27)28-18(2,3)4)12-13(11)21-16-22-15(20)23-25(16)14(12)26/h11H,5-10H2,1-4H3,(H,21,22,23). The van der Waals surface area contributed by atoms with Crippen molar-refractivity contribution in [3.05, 3.63) is 26.3 Å². The summed E-state index contributed by atoms with van der Waals surface area (Å²) in [6, 6.07) is 0. The van der Waals surface area contributed by atoms with Gasteiger partial charge >= 0.3 is 6.09 Å². The highest BCUT2D eigenvalue weighted by molar-refractivity contribution is 9.10. The van der Waals surface area contributed by atoms with E-state index in [1.54, 1.807) is 4.90 Å². The van der Waals surface area contributed by atoms with Crippen molar-refractivity contribution >= 4 is 27.8 Å². The van der Waals surface area contributed by atoms with Crippen LogP contribution < -0.4 is 5.56 Å². The number of hydrogen-bond acceptors (Lipinski definition) is 5. The number of aromatic nitrogens is 4. The molecule has 1 aliphatic carbocycles. The summed E-state index contributed by atoms with van der Waals surface area (Å²) in [6.07, 6.45) is 3.11. The highest BCUT2D eigenvalue weighted by atomic mass is 79.9. The Morgan fingerprint density at radius 3 is 2.57 bits per heavy atom. The first-order chi connectivity index (χ1) is 13.1. The van der Waals surface area contributed by atoms with E-state index >= 15 is 0 Å². The molecule has 2 aromatic rings. The predicted octanol–water partition coefficient (Wildman–Crippen LogP) is 3.35. The molecule has 1 saturated heterocycles. The zero-order valence-electron chi connectivity index (χ0n) is 16.7. The third-order valence-electron chi connectivity index (χ3n) is 5.92. The lowest BCUT2D eigenvalue weighted by Gasteiger charge is -2.45. The smallest absolute Gasteiger partial charge is 0.410 e. The maximum atomic E-state index is 13.3. The minimum Gasteiger partial charge on any atom is -0.444 e. The molecule has 2 aliphatic rings. The van der Waals surface area contributed by atoms with E-state index in [9.17, 15) is 9.59 Å². The Kier molecular flexibility index (Phi) is 4.56. The molecule has 152 valence electrons. The van der Waals surface area contributed by atoms with Crippen LogP contribution in [0, 0.1) is 0 Å². The largest absolute Gasteiger partial charge is 0.444 e. The molecule has 1 atom stereocenters. The first-order valence-corrected chi connectivity index (χ1v) is 10.6. The number of H-pyrrole nitrogens is 1. The number of carbonyl (C=O) groups is 1. The normalized spacial score (nSPS) is 21.8. The third-order valence-corrected chi connectivity index (χ3v) is 6.28. The Hall–Kier alpha value is -1.90. The molecule has 0 aromatic carbocycles. The van der Waals surface area contributed by atoms with Crippen LogP contribution in [0.1, 0.15) is 70.6 Å². The second kappa shape index (κ2) is 6.57. The van der Waals surface area contributed by atoms with Gasteiger partial charge in [0.2, 0.25) is 0 Å². The summed E-state index contributed by atoms with van der Waals surface area (Å²) in [6.45, 7) is 8.89. The monoisotopic (exact) mass is 451 g/mol. The van der Waals surface area contributed by atoms with Crippen LogP contribution in [-0.4, -0.2) is 49.3 Å². The van der Waals surface area contributed by atoms with Crippen molar-refractivity contribution in [2.75, 3.05) is 13.1 Å². The maximum Gasteiger partial charge on any atom is 0.410 e. The van der Waals surface area contributed by atoms with Gasteiger partial charge in [-0.2, -0.15) is 9.50 Å². The second-order valence-electron chi connectivity index (χ2n) is 9.01. The lowest BCUT2D eigenvalue weighted by molar-refractivity contribution is 0.0151. The van der Waals surface area contributed by atoms with E-state index in [1.165, 1.54) is 4.52 Å². The van der Waals surface area contributed by atoms with Gasteiger partial charge in [0.05, 0.1) is 5.69 Å². The summed E-state index contributed by atoms with van der Waals surface area (Å²) in [7, 11) is 0. The zero-order valence-corrected chi connectivity index (χ0v) is 18.3. The average Bonchev–Trinajstić information content (AvgIpc) is 2.98. The van der Waals surface area contributed by atoms with Gasteiger partial charge in [0.15, 0.2) is 4.73 Å². The van der Waals surface area contributed by atoms with E-state index < -0.39 is 5.60 Å². The molecule has 3 heterocycles. The molecule has 28 heavy (non-hydrogen) atoms. The van der Waals surface area contributed by atoms with Gasteiger partial charge in [0, 0.05) is 24.1 Å². The fourth-order valence-electron chi connectivity index (χ4n) is 4.46. The number of fused-ring (bicyclic) bond motifs is 3. The Bertz CT molecular complexity index is 982. The molecule has 1 fully saturated rings. The number of likely N-dealkylation sites (tertiary alicyclic amines) is 1. The number of nitrogens with zero attached hydrogens (tertiary/aromatic N) is 4. The van der Waals surface area contributed by atoms with Gasteiger partial charge in [-0.05, 0) is 68.3 Å². The zero-order chi connectivity index (χ0) is 20.3. The topological polar surface area (TPSA) is 92.6 Å². The lowest BCUT2D eigenvalue weighted by Crippen LogP contribution is -2.50. The average molecular weight is 452 g/mol. The van der Waals surface area contributed by atoms with E-state index in [-0.39, 0.29) is 23.0 Å². The molecule has 1 aliphatic heterocycles. The van der Waals surface area contributed by atoms with Crippen LogP contribution in [0.4, 0.5) is 4.79 Å². The van der Waals surface area contributed by atoms with E-state index in [1.807, 2.05) is 20.8 Å². The molecule has 1 unspecified atom stereocenters. The van der Waals surface area contributed by atoms with E-state index in [4.69, 9.17) is 9.72 Å². The van der Waals surface area contributed by atoms with Crippen molar-refractivity contribution in [2.24, 2.45) is 0 Å².